The Labute approximate surface area is 99.5 Å². The Morgan fingerprint density at radius 3 is 2.56 bits per heavy atom. The van der Waals surface area contributed by atoms with Crippen LogP contribution in [0.5, 0.6) is 0 Å². The molecule has 0 aliphatic heterocycles. The number of rotatable bonds is 8. The van der Waals surface area contributed by atoms with Crippen LogP contribution in [-0.2, 0) is 0 Å². The second-order valence-electron chi connectivity index (χ2n) is 4.29. The summed E-state index contributed by atoms with van der Waals surface area (Å²) in [5.41, 5.74) is 1.21. The molecule has 0 fully saturated rings. The molecule has 0 radical (unpaired) electrons. The van der Waals surface area contributed by atoms with Gasteiger partial charge in [-0.05, 0) is 38.4 Å². The standard InChI is InChI=1S/C14H24N2/c1-3-8-13(2)15-11-7-12-16-14-9-5-4-6-10-14/h4-6,9-10,13,15-16H,3,7-8,11-12H2,1-2H3. The number of anilines is 1. The van der Waals surface area contributed by atoms with Crippen molar-refractivity contribution in [2.45, 2.75) is 39.2 Å². The number of hydrogen-bond acceptors (Lipinski definition) is 2. The Hall–Kier alpha value is -1.02. The van der Waals surface area contributed by atoms with Gasteiger partial charge in [0.15, 0.2) is 0 Å². The van der Waals surface area contributed by atoms with Crippen LogP contribution in [0.2, 0.25) is 0 Å². The van der Waals surface area contributed by atoms with Gasteiger partial charge >= 0.3 is 0 Å². The van der Waals surface area contributed by atoms with Crippen LogP contribution >= 0.6 is 0 Å². The van der Waals surface area contributed by atoms with Crippen molar-refractivity contribution in [3.8, 4) is 0 Å². The molecule has 0 saturated carbocycles. The van der Waals surface area contributed by atoms with Crippen molar-refractivity contribution < 1.29 is 0 Å². The molecule has 90 valence electrons. The molecule has 0 bridgehead atoms. The molecule has 0 heterocycles. The minimum Gasteiger partial charge on any atom is -0.385 e. The van der Waals surface area contributed by atoms with Crippen molar-refractivity contribution in [1.82, 2.24) is 5.32 Å². The van der Waals surface area contributed by atoms with Gasteiger partial charge in [-0.3, -0.25) is 0 Å². The van der Waals surface area contributed by atoms with E-state index in [0.29, 0.717) is 6.04 Å². The van der Waals surface area contributed by atoms with E-state index in [-0.39, 0.29) is 0 Å². The fraction of sp³-hybridized carbons (Fsp3) is 0.571. The van der Waals surface area contributed by atoms with E-state index < -0.39 is 0 Å². The van der Waals surface area contributed by atoms with Gasteiger partial charge in [-0.15, -0.1) is 0 Å². The summed E-state index contributed by atoms with van der Waals surface area (Å²) in [5, 5.41) is 6.94. The van der Waals surface area contributed by atoms with E-state index in [4.69, 9.17) is 0 Å². The maximum absolute atomic E-state index is 3.53. The van der Waals surface area contributed by atoms with E-state index in [9.17, 15) is 0 Å². The first-order valence-electron chi connectivity index (χ1n) is 6.35. The Bertz CT molecular complexity index is 259. The predicted octanol–water partition coefficient (Wildman–Crippen LogP) is 3.27. The SMILES string of the molecule is CCCC(C)NCCCNc1ccccc1. The van der Waals surface area contributed by atoms with Crippen LogP contribution < -0.4 is 10.6 Å². The summed E-state index contributed by atoms with van der Waals surface area (Å²) in [4.78, 5) is 0. The van der Waals surface area contributed by atoms with E-state index >= 15 is 0 Å². The average molecular weight is 220 g/mol. The van der Waals surface area contributed by atoms with Crippen molar-refractivity contribution >= 4 is 5.69 Å². The number of para-hydroxylation sites is 1. The molecular weight excluding hydrogens is 196 g/mol. The van der Waals surface area contributed by atoms with Crippen LogP contribution in [0.3, 0.4) is 0 Å². The molecule has 16 heavy (non-hydrogen) atoms. The normalized spacial score (nSPS) is 12.4. The summed E-state index contributed by atoms with van der Waals surface area (Å²) in [6.07, 6.45) is 3.70. The Kier molecular flexibility index (Phi) is 6.66. The van der Waals surface area contributed by atoms with E-state index in [1.54, 1.807) is 0 Å². The largest absolute Gasteiger partial charge is 0.385 e. The molecule has 0 aliphatic rings. The summed E-state index contributed by atoms with van der Waals surface area (Å²) in [5.74, 6) is 0. The number of benzene rings is 1. The first-order chi connectivity index (χ1) is 7.83. The fourth-order valence-corrected chi connectivity index (χ4v) is 1.76. The molecule has 2 nitrogen and oxygen atoms in total. The van der Waals surface area contributed by atoms with E-state index in [1.165, 1.54) is 24.9 Å². The fourth-order valence-electron chi connectivity index (χ4n) is 1.76. The highest BCUT2D eigenvalue weighted by molar-refractivity contribution is 5.42. The average Bonchev–Trinajstić information content (AvgIpc) is 2.30. The summed E-state index contributed by atoms with van der Waals surface area (Å²) in [7, 11) is 0. The van der Waals surface area contributed by atoms with Crippen LogP contribution in [0.25, 0.3) is 0 Å². The van der Waals surface area contributed by atoms with Gasteiger partial charge in [0.2, 0.25) is 0 Å². The summed E-state index contributed by atoms with van der Waals surface area (Å²) in [6, 6.07) is 11.0. The minimum absolute atomic E-state index is 0.654. The lowest BCUT2D eigenvalue weighted by Gasteiger charge is -2.12. The highest BCUT2D eigenvalue weighted by Gasteiger charge is 1.97. The van der Waals surface area contributed by atoms with Crippen molar-refractivity contribution in [1.29, 1.82) is 0 Å². The molecule has 0 aliphatic carbocycles. The lowest BCUT2D eigenvalue weighted by molar-refractivity contribution is 0.505. The first kappa shape index (κ1) is 13.0. The molecule has 0 amide bonds. The number of nitrogens with one attached hydrogen (secondary N) is 2. The van der Waals surface area contributed by atoms with Crippen molar-refractivity contribution in [2.75, 3.05) is 18.4 Å². The van der Waals surface area contributed by atoms with Gasteiger partial charge in [0.05, 0.1) is 0 Å². The van der Waals surface area contributed by atoms with Gasteiger partial charge < -0.3 is 10.6 Å². The number of hydrogen-bond donors (Lipinski definition) is 2. The molecule has 1 aromatic carbocycles. The lowest BCUT2D eigenvalue weighted by atomic mass is 10.2. The molecule has 1 atom stereocenters. The van der Waals surface area contributed by atoms with Gasteiger partial charge in [-0.1, -0.05) is 31.5 Å². The summed E-state index contributed by atoms with van der Waals surface area (Å²) in [6.45, 7) is 6.63. The second kappa shape index (κ2) is 8.17. The first-order valence-corrected chi connectivity index (χ1v) is 6.35. The molecule has 1 unspecified atom stereocenters. The van der Waals surface area contributed by atoms with Crippen molar-refractivity contribution in [3.63, 3.8) is 0 Å². The van der Waals surface area contributed by atoms with E-state index in [0.717, 1.165) is 13.1 Å². The van der Waals surface area contributed by atoms with Crippen molar-refractivity contribution in [2.24, 2.45) is 0 Å². The molecule has 1 aromatic rings. The predicted molar refractivity (Wildman–Crippen MR) is 71.9 cm³/mol. The van der Waals surface area contributed by atoms with Crippen LogP contribution in [-0.4, -0.2) is 19.1 Å². The second-order valence-corrected chi connectivity index (χ2v) is 4.29. The van der Waals surface area contributed by atoms with E-state index in [2.05, 4.69) is 48.7 Å². The zero-order chi connectivity index (χ0) is 11.6. The third kappa shape index (κ3) is 5.76. The Morgan fingerprint density at radius 2 is 1.88 bits per heavy atom. The van der Waals surface area contributed by atoms with Crippen molar-refractivity contribution in [3.05, 3.63) is 30.3 Å². The monoisotopic (exact) mass is 220 g/mol. The van der Waals surface area contributed by atoms with Gasteiger partial charge in [0.1, 0.15) is 0 Å². The third-order valence-corrected chi connectivity index (χ3v) is 2.67. The van der Waals surface area contributed by atoms with Crippen LogP contribution in [0, 0.1) is 0 Å². The van der Waals surface area contributed by atoms with Gasteiger partial charge in [0.25, 0.3) is 0 Å². The highest BCUT2D eigenvalue weighted by Crippen LogP contribution is 2.04. The summed E-state index contributed by atoms with van der Waals surface area (Å²) < 4.78 is 0. The quantitative estimate of drug-likeness (QED) is 0.657. The highest BCUT2D eigenvalue weighted by atomic mass is 14.9. The Balaban J connectivity index is 2.00. The third-order valence-electron chi connectivity index (χ3n) is 2.67. The molecular formula is C14H24N2. The zero-order valence-electron chi connectivity index (χ0n) is 10.5. The lowest BCUT2D eigenvalue weighted by Crippen LogP contribution is -2.27. The van der Waals surface area contributed by atoms with Crippen LogP contribution in [0.1, 0.15) is 33.1 Å². The van der Waals surface area contributed by atoms with E-state index in [1.807, 2.05) is 6.07 Å². The molecule has 2 heteroatoms. The Morgan fingerprint density at radius 1 is 1.12 bits per heavy atom. The molecule has 0 spiro atoms. The maximum atomic E-state index is 3.53. The maximum Gasteiger partial charge on any atom is 0.0340 e. The van der Waals surface area contributed by atoms with Gasteiger partial charge in [-0.25, -0.2) is 0 Å². The smallest absolute Gasteiger partial charge is 0.0340 e. The zero-order valence-corrected chi connectivity index (χ0v) is 10.5. The van der Waals surface area contributed by atoms with Gasteiger partial charge in [-0.2, -0.15) is 0 Å². The minimum atomic E-state index is 0.654. The molecule has 0 saturated heterocycles. The molecule has 2 N–H and O–H groups in total. The van der Waals surface area contributed by atoms with Gasteiger partial charge in [0, 0.05) is 18.3 Å². The molecule has 1 rings (SSSR count). The molecule has 0 aromatic heterocycles. The van der Waals surface area contributed by atoms with Crippen LogP contribution in [0.4, 0.5) is 5.69 Å². The topological polar surface area (TPSA) is 24.1 Å². The summed E-state index contributed by atoms with van der Waals surface area (Å²) >= 11 is 0. The van der Waals surface area contributed by atoms with Crippen LogP contribution in [0.15, 0.2) is 30.3 Å².